The predicted molar refractivity (Wildman–Crippen MR) is 128 cm³/mol. The average molecular weight is 490 g/mol. The molecule has 0 bridgehead atoms. The van der Waals surface area contributed by atoms with Crippen molar-refractivity contribution in [1.82, 2.24) is 9.99 Å². The quantitative estimate of drug-likeness (QED) is 0.259. The summed E-state index contributed by atoms with van der Waals surface area (Å²) in [5, 5.41) is 23.3. The molecule has 0 aliphatic rings. The first-order valence-corrected chi connectivity index (χ1v) is 10.6. The minimum Gasteiger partial charge on any atom is -0.507 e. The van der Waals surface area contributed by atoms with Crippen LogP contribution < -0.4 is 5.43 Å². The minimum atomic E-state index is -0.377. The molecule has 1 amide bonds. The molecule has 32 heavy (non-hydrogen) atoms. The first kappa shape index (κ1) is 21.4. The summed E-state index contributed by atoms with van der Waals surface area (Å²) in [6, 6.07) is 24.2. The van der Waals surface area contributed by atoms with Crippen molar-refractivity contribution >= 4 is 28.1 Å². The Labute approximate surface area is 193 Å². The molecule has 4 rings (SSSR count). The molecule has 6 nitrogen and oxygen atoms in total. The second-order valence-corrected chi connectivity index (χ2v) is 8.02. The number of carbonyl (C=O) groups excluding carboxylic acids is 1. The zero-order valence-corrected chi connectivity index (χ0v) is 18.7. The first-order chi connectivity index (χ1) is 15.4. The molecule has 0 saturated carbocycles. The molecule has 3 N–H and O–H groups in total. The highest BCUT2D eigenvalue weighted by atomic mass is 79.9. The van der Waals surface area contributed by atoms with Crippen LogP contribution in [0.25, 0.3) is 16.9 Å². The van der Waals surface area contributed by atoms with E-state index in [1.807, 2.05) is 37.3 Å². The number of aryl methyl sites for hydroxylation is 1. The lowest BCUT2D eigenvalue weighted by molar-refractivity contribution is 0.0955. The van der Waals surface area contributed by atoms with Gasteiger partial charge in [-0.2, -0.15) is 5.10 Å². The average Bonchev–Trinajstić information content (AvgIpc) is 3.19. The fourth-order valence-electron chi connectivity index (χ4n) is 3.37. The summed E-state index contributed by atoms with van der Waals surface area (Å²) in [7, 11) is 0. The molecule has 0 aliphatic carbocycles. The van der Waals surface area contributed by atoms with Gasteiger partial charge in [-0.3, -0.25) is 4.79 Å². The van der Waals surface area contributed by atoms with Gasteiger partial charge in [0.1, 0.15) is 11.5 Å². The molecule has 0 fully saturated rings. The number of amides is 1. The number of hydrogen-bond acceptors (Lipinski definition) is 4. The van der Waals surface area contributed by atoms with E-state index in [4.69, 9.17) is 0 Å². The van der Waals surface area contributed by atoms with E-state index in [9.17, 15) is 15.0 Å². The third-order valence-corrected chi connectivity index (χ3v) is 5.63. The Kier molecular flexibility index (Phi) is 6.09. The summed E-state index contributed by atoms with van der Waals surface area (Å²) in [6.45, 7) is 2.04. The summed E-state index contributed by atoms with van der Waals surface area (Å²) in [5.74, 6) is -0.612. The lowest BCUT2D eigenvalue weighted by Crippen LogP contribution is -2.17. The van der Waals surface area contributed by atoms with Crippen molar-refractivity contribution in [2.24, 2.45) is 5.10 Å². The Morgan fingerprint density at radius 2 is 1.69 bits per heavy atom. The maximum absolute atomic E-state index is 12.5. The molecule has 0 saturated heterocycles. The van der Waals surface area contributed by atoms with E-state index in [0.29, 0.717) is 15.6 Å². The molecule has 0 unspecified atom stereocenters. The molecule has 0 spiro atoms. The molecule has 1 aromatic heterocycles. The van der Waals surface area contributed by atoms with Crippen molar-refractivity contribution in [1.29, 1.82) is 0 Å². The SMILES string of the molecule is Cc1ccc(-c2ccccc2)n1-c1ccc(C(=O)N/N=C/c2cc(Br)c(O)cc2O)cc1. The number of carbonyl (C=O) groups is 1. The fourth-order valence-corrected chi connectivity index (χ4v) is 3.73. The number of phenols is 2. The zero-order chi connectivity index (χ0) is 22.7. The van der Waals surface area contributed by atoms with E-state index in [1.165, 1.54) is 18.3 Å². The van der Waals surface area contributed by atoms with Crippen molar-refractivity contribution in [3.8, 4) is 28.4 Å². The van der Waals surface area contributed by atoms with E-state index < -0.39 is 0 Å². The molecule has 0 aliphatic heterocycles. The molecule has 1 heterocycles. The van der Waals surface area contributed by atoms with Crippen molar-refractivity contribution in [2.75, 3.05) is 0 Å². The highest BCUT2D eigenvalue weighted by Crippen LogP contribution is 2.30. The maximum atomic E-state index is 12.5. The highest BCUT2D eigenvalue weighted by molar-refractivity contribution is 9.10. The maximum Gasteiger partial charge on any atom is 0.271 e. The van der Waals surface area contributed by atoms with Gasteiger partial charge in [-0.05, 0) is 70.9 Å². The normalized spacial score (nSPS) is 11.1. The summed E-state index contributed by atoms with van der Waals surface area (Å²) in [4.78, 5) is 12.5. The summed E-state index contributed by atoms with van der Waals surface area (Å²) in [6.07, 6.45) is 1.31. The number of hydrogen-bond donors (Lipinski definition) is 3. The Hall–Kier alpha value is -3.84. The van der Waals surface area contributed by atoms with Gasteiger partial charge >= 0.3 is 0 Å². The van der Waals surface area contributed by atoms with Crippen LogP contribution in [0.2, 0.25) is 0 Å². The first-order valence-electron chi connectivity index (χ1n) is 9.83. The summed E-state index contributed by atoms with van der Waals surface area (Å²) in [5.41, 5.74) is 7.47. The van der Waals surface area contributed by atoms with Gasteiger partial charge in [0.25, 0.3) is 5.91 Å². The van der Waals surface area contributed by atoms with E-state index >= 15 is 0 Å². The van der Waals surface area contributed by atoms with Crippen LogP contribution in [0.4, 0.5) is 0 Å². The molecule has 3 aromatic carbocycles. The third kappa shape index (κ3) is 4.43. The molecule has 7 heteroatoms. The van der Waals surface area contributed by atoms with Gasteiger partial charge in [-0.15, -0.1) is 0 Å². The number of halogens is 1. The van der Waals surface area contributed by atoms with Crippen LogP contribution in [0, 0.1) is 6.92 Å². The number of phenolic OH excluding ortho intramolecular Hbond substituents is 2. The standard InChI is InChI=1S/C25H20BrN3O3/c1-16-7-12-22(17-5-3-2-4-6-17)29(16)20-10-8-18(9-11-20)25(32)28-27-15-19-13-21(26)24(31)14-23(19)30/h2-15,30-31H,1H3,(H,28,32)/b27-15+. The van der Waals surface area contributed by atoms with Gasteiger partial charge in [-0.1, -0.05) is 30.3 Å². The van der Waals surface area contributed by atoms with Crippen molar-refractivity contribution in [3.05, 3.63) is 100 Å². The van der Waals surface area contributed by atoms with E-state index in [2.05, 4.69) is 55.3 Å². The lowest BCUT2D eigenvalue weighted by atomic mass is 10.1. The Balaban J connectivity index is 1.51. The third-order valence-electron chi connectivity index (χ3n) is 5.00. The van der Waals surface area contributed by atoms with Gasteiger partial charge in [0.15, 0.2) is 0 Å². The zero-order valence-electron chi connectivity index (χ0n) is 17.2. The summed E-state index contributed by atoms with van der Waals surface area (Å²) < 4.78 is 2.55. The molecule has 0 radical (unpaired) electrons. The van der Waals surface area contributed by atoms with Crippen LogP contribution in [-0.4, -0.2) is 26.9 Å². The summed E-state index contributed by atoms with van der Waals surface area (Å²) >= 11 is 3.17. The van der Waals surface area contributed by atoms with Crippen molar-refractivity contribution in [3.63, 3.8) is 0 Å². The van der Waals surface area contributed by atoms with Gasteiger partial charge in [0, 0.05) is 28.6 Å². The van der Waals surface area contributed by atoms with Crippen LogP contribution >= 0.6 is 15.9 Å². The van der Waals surface area contributed by atoms with Gasteiger partial charge in [0.05, 0.1) is 16.4 Å². The number of rotatable bonds is 5. The Morgan fingerprint density at radius 1 is 0.969 bits per heavy atom. The monoisotopic (exact) mass is 489 g/mol. The van der Waals surface area contributed by atoms with E-state index in [-0.39, 0.29) is 17.4 Å². The lowest BCUT2D eigenvalue weighted by Gasteiger charge is -2.12. The number of aromatic nitrogens is 1. The van der Waals surface area contributed by atoms with Crippen LogP contribution in [0.1, 0.15) is 21.6 Å². The molecular weight excluding hydrogens is 470 g/mol. The Morgan fingerprint density at radius 3 is 2.41 bits per heavy atom. The topological polar surface area (TPSA) is 86.9 Å². The molecule has 0 atom stereocenters. The second-order valence-electron chi connectivity index (χ2n) is 7.17. The van der Waals surface area contributed by atoms with Gasteiger partial charge in [0.2, 0.25) is 0 Å². The molecular formula is C25H20BrN3O3. The van der Waals surface area contributed by atoms with E-state index in [1.54, 1.807) is 12.1 Å². The van der Waals surface area contributed by atoms with Crippen molar-refractivity contribution < 1.29 is 15.0 Å². The van der Waals surface area contributed by atoms with Gasteiger partial charge < -0.3 is 14.8 Å². The number of nitrogens with zero attached hydrogens (tertiary/aromatic N) is 2. The smallest absolute Gasteiger partial charge is 0.271 e. The number of hydrazone groups is 1. The van der Waals surface area contributed by atoms with Gasteiger partial charge in [-0.25, -0.2) is 5.43 Å². The van der Waals surface area contributed by atoms with E-state index in [0.717, 1.165) is 22.6 Å². The number of aromatic hydroxyl groups is 2. The van der Waals surface area contributed by atoms with Crippen LogP contribution in [-0.2, 0) is 0 Å². The predicted octanol–water partition coefficient (Wildman–Crippen LogP) is 5.39. The largest absolute Gasteiger partial charge is 0.507 e. The minimum absolute atomic E-state index is 0.0860. The van der Waals surface area contributed by atoms with Crippen LogP contribution in [0.3, 0.4) is 0 Å². The molecule has 4 aromatic rings. The van der Waals surface area contributed by atoms with Crippen LogP contribution in [0.5, 0.6) is 11.5 Å². The fraction of sp³-hybridized carbons (Fsp3) is 0.0400. The van der Waals surface area contributed by atoms with Crippen molar-refractivity contribution in [2.45, 2.75) is 6.92 Å². The molecule has 160 valence electrons. The number of nitrogens with one attached hydrogen (secondary N) is 1. The Bertz CT molecular complexity index is 1300. The van der Waals surface area contributed by atoms with Crippen LogP contribution in [0.15, 0.2) is 88.4 Å². The highest BCUT2D eigenvalue weighted by Gasteiger charge is 2.11. The number of benzene rings is 3. The second kappa shape index (κ2) is 9.11.